The van der Waals surface area contributed by atoms with E-state index in [-0.39, 0.29) is 16.0 Å². The quantitative estimate of drug-likeness (QED) is 0.913. The summed E-state index contributed by atoms with van der Waals surface area (Å²) in [5, 5.41) is 3.25. The molecule has 0 radical (unpaired) electrons. The zero-order valence-corrected chi connectivity index (χ0v) is 13.2. The second-order valence-electron chi connectivity index (χ2n) is 4.84. The third kappa shape index (κ3) is 3.32. The van der Waals surface area contributed by atoms with Gasteiger partial charge in [-0.2, -0.15) is 4.31 Å². The molecule has 1 unspecified atom stereocenters. The molecule has 1 heterocycles. The minimum atomic E-state index is -3.57. The second-order valence-corrected chi connectivity index (χ2v) is 7.15. The van der Waals surface area contributed by atoms with Crippen molar-refractivity contribution in [3.63, 3.8) is 0 Å². The third-order valence-electron chi connectivity index (χ3n) is 3.20. The summed E-state index contributed by atoms with van der Waals surface area (Å²) in [6.45, 7) is 3.59. The first-order valence-electron chi connectivity index (χ1n) is 6.50. The van der Waals surface area contributed by atoms with Crippen LogP contribution in [0.1, 0.15) is 12.5 Å². The molecule has 112 valence electrons. The number of halogens is 1. The maximum atomic E-state index is 12.7. The number of sulfonamides is 1. The van der Waals surface area contributed by atoms with Crippen LogP contribution in [0.2, 0.25) is 5.02 Å². The van der Waals surface area contributed by atoms with Crippen LogP contribution in [-0.4, -0.2) is 45.6 Å². The van der Waals surface area contributed by atoms with E-state index in [9.17, 15) is 8.42 Å². The van der Waals surface area contributed by atoms with Crippen LogP contribution in [-0.2, 0) is 21.3 Å². The highest BCUT2D eigenvalue weighted by Crippen LogP contribution is 2.27. The van der Waals surface area contributed by atoms with E-state index in [4.69, 9.17) is 16.3 Å². The predicted molar refractivity (Wildman–Crippen MR) is 78.4 cm³/mol. The number of ether oxygens (including phenoxy) is 1. The maximum absolute atomic E-state index is 12.7. The van der Waals surface area contributed by atoms with Crippen molar-refractivity contribution in [3.8, 4) is 0 Å². The molecule has 1 aliphatic heterocycles. The van der Waals surface area contributed by atoms with E-state index in [0.717, 1.165) is 5.56 Å². The van der Waals surface area contributed by atoms with Crippen molar-refractivity contribution in [3.05, 3.63) is 28.8 Å². The Labute approximate surface area is 124 Å². The van der Waals surface area contributed by atoms with Gasteiger partial charge in [-0.25, -0.2) is 8.42 Å². The van der Waals surface area contributed by atoms with Crippen molar-refractivity contribution >= 4 is 21.6 Å². The molecule has 1 aromatic rings. The molecule has 20 heavy (non-hydrogen) atoms. The fraction of sp³-hybridized carbons (Fsp3) is 0.538. The molecule has 0 aliphatic carbocycles. The van der Waals surface area contributed by atoms with E-state index in [1.54, 1.807) is 12.1 Å². The smallest absolute Gasteiger partial charge is 0.244 e. The molecule has 7 heteroatoms. The highest BCUT2D eigenvalue weighted by atomic mass is 35.5. The van der Waals surface area contributed by atoms with Gasteiger partial charge >= 0.3 is 0 Å². The monoisotopic (exact) mass is 318 g/mol. The van der Waals surface area contributed by atoms with Gasteiger partial charge in [0.1, 0.15) is 4.90 Å². The van der Waals surface area contributed by atoms with Gasteiger partial charge < -0.3 is 10.1 Å². The van der Waals surface area contributed by atoms with Gasteiger partial charge in [0, 0.05) is 19.6 Å². The molecule has 0 spiro atoms. The van der Waals surface area contributed by atoms with Crippen LogP contribution in [0.3, 0.4) is 0 Å². The molecule has 5 nitrogen and oxygen atoms in total. The van der Waals surface area contributed by atoms with Gasteiger partial charge in [0.25, 0.3) is 0 Å². The first-order valence-corrected chi connectivity index (χ1v) is 8.31. The number of morpholine rings is 1. The van der Waals surface area contributed by atoms with E-state index in [2.05, 4.69) is 5.32 Å². The minimum Gasteiger partial charge on any atom is -0.376 e. The lowest BCUT2D eigenvalue weighted by Crippen LogP contribution is -2.44. The standard InChI is InChI=1S/C13H19ClN2O3S/c1-10-9-16(5-6-19-10)20(17,18)13-7-11(8-15-2)3-4-12(13)14/h3-4,7,10,15H,5-6,8-9H2,1-2H3. The number of benzene rings is 1. The Hall–Kier alpha value is -0.660. The highest BCUT2D eigenvalue weighted by Gasteiger charge is 2.30. The minimum absolute atomic E-state index is 0.0993. The largest absolute Gasteiger partial charge is 0.376 e. The van der Waals surface area contributed by atoms with Crippen molar-refractivity contribution in [1.82, 2.24) is 9.62 Å². The van der Waals surface area contributed by atoms with Crippen molar-refractivity contribution in [1.29, 1.82) is 0 Å². The van der Waals surface area contributed by atoms with Gasteiger partial charge in [0.2, 0.25) is 10.0 Å². The topological polar surface area (TPSA) is 58.6 Å². The summed E-state index contributed by atoms with van der Waals surface area (Å²) >= 11 is 6.08. The summed E-state index contributed by atoms with van der Waals surface area (Å²) in [4.78, 5) is 0.168. The summed E-state index contributed by atoms with van der Waals surface area (Å²) in [6.07, 6.45) is -0.0993. The molecule has 0 saturated carbocycles. The summed E-state index contributed by atoms with van der Waals surface area (Å²) < 4.78 is 32.2. The fourth-order valence-corrected chi connectivity index (χ4v) is 4.23. The molecule has 1 fully saturated rings. The average molecular weight is 319 g/mol. The molecule has 2 rings (SSSR count). The lowest BCUT2D eigenvalue weighted by atomic mass is 10.2. The maximum Gasteiger partial charge on any atom is 0.244 e. The molecule has 0 bridgehead atoms. The molecular weight excluding hydrogens is 300 g/mol. The van der Waals surface area contributed by atoms with Gasteiger partial charge in [-0.1, -0.05) is 17.7 Å². The highest BCUT2D eigenvalue weighted by molar-refractivity contribution is 7.89. The van der Waals surface area contributed by atoms with Gasteiger partial charge in [-0.15, -0.1) is 0 Å². The predicted octanol–water partition coefficient (Wildman–Crippen LogP) is 1.47. The summed E-state index contributed by atoms with van der Waals surface area (Å²) in [7, 11) is -1.76. The Morgan fingerprint density at radius 1 is 1.50 bits per heavy atom. The van der Waals surface area contributed by atoms with Crippen LogP contribution in [0.5, 0.6) is 0 Å². The van der Waals surface area contributed by atoms with E-state index < -0.39 is 10.0 Å². The first kappa shape index (κ1) is 15.7. The number of rotatable bonds is 4. The van der Waals surface area contributed by atoms with Crippen LogP contribution in [0, 0.1) is 0 Å². The molecular formula is C13H19ClN2O3S. The van der Waals surface area contributed by atoms with Gasteiger partial charge in [0.15, 0.2) is 0 Å². The first-order chi connectivity index (χ1) is 9.45. The van der Waals surface area contributed by atoms with Crippen LogP contribution in [0.4, 0.5) is 0 Å². The van der Waals surface area contributed by atoms with Crippen LogP contribution in [0.15, 0.2) is 23.1 Å². The Balaban J connectivity index is 2.35. The molecule has 1 aromatic carbocycles. The Kier molecular flexibility index (Phi) is 5.04. The van der Waals surface area contributed by atoms with Crippen molar-refractivity contribution in [2.75, 3.05) is 26.7 Å². The molecule has 1 saturated heterocycles. The van der Waals surface area contributed by atoms with Crippen molar-refractivity contribution < 1.29 is 13.2 Å². The number of hydrogen-bond donors (Lipinski definition) is 1. The third-order valence-corrected chi connectivity index (χ3v) is 5.54. The zero-order chi connectivity index (χ0) is 14.8. The Bertz CT molecular complexity index is 577. The van der Waals surface area contributed by atoms with Gasteiger partial charge in [-0.3, -0.25) is 0 Å². The van der Waals surface area contributed by atoms with Crippen LogP contribution < -0.4 is 5.32 Å². The van der Waals surface area contributed by atoms with E-state index in [1.807, 2.05) is 20.0 Å². The normalized spacial score (nSPS) is 21.1. The van der Waals surface area contributed by atoms with E-state index in [0.29, 0.717) is 26.2 Å². The lowest BCUT2D eigenvalue weighted by molar-refractivity contribution is 0.0102. The van der Waals surface area contributed by atoms with E-state index in [1.165, 1.54) is 4.31 Å². The molecule has 1 aliphatic rings. The van der Waals surface area contributed by atoms with Gasteiger partial charge in [-0.05, 0) is 31.7 Å². The van der Waals surface area contributed by atoms with Crippen molar-refractivity contribution in [2.24, 2.45) is 0 Å². The van der Waals surface area contributed by atoms with Gasteiger partial charge in [0.05, 0.1) is 17.7 Å². The number of nitrogens with one attached hydrogen (secondary N) is 1. The summed E-state index contributed by atoms with van der Waals surface area (Å²) in [5.74, 6) is 0. The van der Waals surface area contributed by atoms with Crippen LogP contribution >= 0.6 is 11.6 Å². The average Bonchev–Trinajstić information content (AvgIpc) is 2.41. The molecule has 1 N–H and O–H groups in total. The van der Waals surface area contributed by atoms with Crippen molar-refractivity contribution in [2.45, 2.75) is 24.5 Å². The number of nitrogens with zero attached hydrogens (tertiary/aromatic N) is 1. The summed E-state index contributed by atoms with van der Waals surface area (Å²) in [5.41, 5.74) is 0.886. The number of hydrogen-bond acceptors (Lipinski definition) is 4. The van der Waals surface area contributed by atoms with E-state index >= 15 is 0 Å². The SMILES string of the molecule is CNCc1ccc(Cl)c(S(=O)(=O)N2CCOC(C)C2)c1. The molecule has 0 aromatic heterocycles. The van der Waals surface area contributed by atoms with Crippen LogP contribution in [0.25, 0.3) is 0 Å². The molecule has 0 amide bonds. The zero-order valence-electron chi connectivity index (χ0n) is 11.6. The lowest BCUT2D eigenvalue weighted by Gasteiger charge is -2.30. The second kappa shape index (κ2) is 6.41. The Morgan fingerprint density at radius 2 is 2.25 bits per heavy atom. The summed E-state index contributed by atoms with van der Waals surface area (Å²) in [6, 6.07) is 5.08. The fourth-order valence-electron chi connectivity index (χ4n) is 2.20. The Morgan fingerprint density at radius 3 is 2.90 bits per heavy atom. The molecule has 1 atom stereocenters.